The normalized spacial score (nSPS) is 12.9. The molecule has 103 valence electrons. The van der Waals surface area contributed by atoms with Crippen molar-refractivity contribution in [3.8, 4) is 5.82 Å². The Kier molecular flexibility index (Phi) is 3.44. The van der Waals surface area contributed by atoms with Crippen molar-refractivity contribution in [1.29, 1.82) is 0 Å². The molecule has 0 fully saturated rings. The maximum Gasteiger partial charge on any atom is 0.168 e. The molecule has 3 heterocycles. The summed E-state index contributed by atoms with van der Waals surface area (Å²) in [6, 6.07) is 3.45. The smallest absolute Gasteiger partial charge is 0.168 e. The molecule has 3 aromatic heterocycles. The standard InChI is InChI=1S/C13H14N5O2/c19-6-3-10(7-20)18-9-16-11-12(14-8-15-13(11)18)17-4-1-2-5-17/h1-2,4-5,8-10,19H,3,6-7H2. The van der Waals surface area contributed by atoms with E-state index in [-0.39, 0.29) is 19.3 Å². The van der Waals surface area contributed by atoms with Crippen molar-refractivity contribution in [2.75, 3.05) is 13.2 Å². The maximum absolute atomic E-state index is 11.3. The molecule has 0 amide bonds. The largest absolute Gasteiger partial charge is 0.396 e. The number of imidazole rings is 1. The highest BCUT2D eigenvalue weighted by Gasteiger charge is 2.17. The molecule has 0 bridgehead atoms. The summed E-state index contributed by atoms with van der Waals surface area (Å²) in [7, 11) is 0. The summed E-state index contributed by atoms with van der Waals surface area (Å²) in [5.41, 5.74) is 1.25. The van der Waals surface area contributed by atoms with Gasteiger partial charge in [0, 0.05) is 19.0 Å². The third-order valence-corrected chi connectivity index (χ3v) is 3.24. The van der Waals surface area contributed by atoms with Gasteiger partial charge in [-0.05, 0) is 18.6 Å². The molecule has 20 heavy (non-hydrogen) atoms. The summed E-state index contributed by atoms with van der Waals surface area (Å²) in [5.74, 6) is 0.674. The topological polar surface area (TPSA) is 88.7 Å². The number of aliphatic hydroxyl groups excluding tert-OH is 1. The van der Waals surface area contributed by atoms with Gasteiger partial charge in [-0.1, -0.05) is 0 Å². The molecule has 1 radical (unpaired) electrons. The molecule has 1 atom stereocenters. The minimum absolute atomic E-state index is 0.0396. The van der Waals surface area contributed by atoms with Crippen LogP contribution in [0.2, 0.25) is 0 Å². The fourth-order valence-corrected chi connectivity index (χ4v) is 2.22. The molecular weight excluding hydrogens is 258 g/mol. The van der Waals surface area contributed by atoms with E-state index in [1.54, 1.807) is 10.9 Å². The third-order valence-electron chi connectivity index (χ3n) is 3.24. The van der Waals surface area contributed by atoms with Gasteiger partial charge in [0.1, 0.15) is 12.9 Å². The molecule has 0 aliphatic heterocycles. The van der Waals surface area contributed by atoms with Crippen LogP contribution in [0.3, 0.4) is 0 Å². The van der Waals surface area contributed by atoms with Crippen molar-refractivity contribution < 1.29 is 10.2 Å². The number of nitrogens with zero attached hydrogens (tertiary/aromatic N) is 5. The van der Waals surface area contributed by atoms with E-state index in [0.29, 0.717) is 23.4 Å². The Labute approximate surface area is 115 Å². The van der Waals surface area contributed by atoms with Gasteiger partial charge in [0.15, 0.2) is 17.0 Å². The fourth-order valence-electron chi connectivity index (χ4n) is 2.22. The first-order valence-corrected chi connectivity index (χ1v) is 6.35. The van der Waals surface area contributed by atoms with E-state index in [0.717, 1.165) is 0 Å². The van der Waals surface area contributed by atoms with Crippen molar-refractivity contribution >= 4 is 11.2 Å². The summed E-state index contributed by atoms with van der Waals surface area (Å²) in [5, 5.41) is 20.3. The number of aliphatic hydroxyl groups is 1. The second-order valence-electron chi connectivity index (χ2n) is 4.44. The third kappa shape index (κ3) is 2.06. The Bertz CT molecular complexity index is 692. The highest BCUT2D eigenvalue weighted by atomic mass is 16.3. The number of rotatable bonds is 5. The van der Waals surface area contributed by atoms with Crippen LogP contribution in [0.25, 0.3) is 17.0 Å². The molecule has 1 N–H and O–H groups in total. The van der Waals surface area contributed by atoms with Gasteiger partial charge in [0.25, 0.3) is 0 Å². The zero-order valence-corrected chi connectivity index (χ0v) is 10.8. The van der Waals surface area contributed by atoms with Crippen LogP contribution in [0.1, 0.15) is 12.5 Å². The van der Waals surface area contributed by atoms with Crippen LogP contribution in [0.4, 0.5) is 0 Å². The first-order valence-electron chi connectivity index (χ1n) is 6.35. The lowest BCUT2D eigenvalue weighted by Gasteiger charge is -2.13. The molecule has 0 aromatic carbocycles. The van der Waals surface area contributed by atoms with Crippen LogP contribution in [0.15, 0.2) is 37.2 Å². The van der Waals surface area contributed by atoms with Crippen LogP contribution in [-0.2, 0) is 5.11 Å². The molecule has 7 heteroatoms. The van der Waals surface area contributed by atoms with Crippen molar-refractivity contribution in [3.05, 3.63) is 37.2 Å². The quantitative estimate of drug-likeness (QED) is 0.749. The number of fused-ring (bicyclic) bond motifs is 1. The van der Waals surface area contributed by atoms with E-state index in [9.17, 15) is 5.11 Å². The highest BCUT2D eigenvalue weighted by Crippen LogP contribution is 2.21. The van der Waals surface area contributed by atoms with Crippen molar-refractivity contribution in [2.24, 2.45) is 0 Å². The van der Waals surface area contributed by atoms with Gasteiger partial charge in [0.2, 0.25) is 0 Å². The van der Waals surface area contributed by atoms with Crippen LogP contribution >= 0.6 is 0 Å². The van der Waals surface area contributed by atoms with Gasteiger partial charge < -0.3 is 14.2 Å². The van der Waals surface area contributed by atoms with E-state index in [4.69, 9.17) is 5.11 Å². The van der Waals surface area contributed by atoms with Crippen LogP contribution in [0, 0.1) is 0 Å². The van der Waals surface area contributed by atoms with Crippen LogP contribution < -0.4 is 0 Å². The SMILES string of the molecule is [O]CC(CCO)n1cnc2c(-n3cccc3)ncnc21. The lowest BCUT2D eigenvalue weighted by atomic mass is 10.2. The minimum Gasteiger partial charge on any atom is -0.396 e. The van der Waals surface area contributed by atoms with E-state index in [1.807, 2.05) is 29.1 Å². The second-order valence-corrected chi connectivity index (χ2v) is 4.44. The lowest BCUT2D eigenvalue weighted by Crippen LogP contribution is -2.14. The highest BCUT2D eigenvalue weighted by molar-refractivity contribution is 5.78. The van der Waals surface area contributed by atoms with E-state index in [2.05, 4.69) is 15.0 Å². The van der Waals surface area contributed by atoms with Crippen molar-refractivity contribution in [2.45, 2.75) is 12.5 Å². The van der Waals surface area contributed by atoms with Gasteiger partial charge in [-0.2, -0.15) is 0 Å². The molecule has 3 rings (SSSR count). The molecule has 0 saturated carbocycles. The minimum atomic E-state index is -0.350. The molecule has 1 unspecified atom stereocenters. The number of hydrogen-bond donors (Lipinski definition) is 1. The summed E-state index contributed by atoms with van der Waals surface area (Å²) in [6.07, 6.45) is 7.18. The van der Waals surface area contributed by atoms with Gasteiger partial charge >= 0.3 is 0 Å². The Morgan fingerprint density at radius 1 is 1.20 bits per heavy atom. The zero-order valence-electron chi connectivity index (χ0n) is 10.8. The van der Waals surface area contributed by atoms with Gasteiger partial charge in [-0.25, -0.2) is 20.1 Å². The summed E-state index contributed by atoms with van der Waals surface area (Å²) >= 11 is 0. The molecule has 0 spiro atoms. The monoisotopic (exact) mass is 272 g/mol. The fraction of sp³-hybridized carbons (Fsp3) is 0.308. The Morgan fingerprint density at radius 2 is 2.00 bits per heavy atom. The van der Waals surface area contributed by atoms with Crippen LogP contribution in [0.5, 0.6) is 0 Å². The predicted octanol–water partition coefficient (Wildman–Crippen LogP) is 0.971. The number of aromatic nitrogens is 5. The average molecular weight is 272 g/mol. The molecule has 3 aromatic rings. The van der Waals surface area contributed by atoms with Gasteiger partial charge in [-0.15, -0.1) is 0 Å². The molecule has 0 aliphatic carbocycles. The zero-order chi connectivity index (χ0) is 13.9. The van der Waals surface area contributed by atoms with E-state index < -0.39 is 0 Å². The summed E-state index contributed by atoms with van der Waals surface area (Å²) in [4.78, 5) is 12.8. The van der Waals surface area contributed by atoms with Crippen LogP contribution in [-0.4, -0.2) is 42.4 Å². The summed E-state index contributed by atoms with van der Waals surface area (Å²) < 4.78 is 3.56. The van der Waals surface area contributed by atoms with Gasteiger partial charge in [-0.3, -0.25) is 0 Å². The van der Waals surface area contributed by atoms with Crippen molar-refractivity contribution in [3.63, 3.8) is 0 Å². The van der Waals surface area contributed by atoms with E-state index in [1.165, 1.54) is 6.33 Å². The first kappa shape index (κ1) is 12.8. The number of hydrogen-bond acceptors (Lipinski definition) is 4. The maximum atomic E-state index is 11.3. The molecule has 7 nitrogen and oxygen atoms in total. The first-order chi connectivity index (χ1) is 9.85. The second kappa shape index (κ2) is 5.40. The van der Waals surface area contributed by atoms with Gasteiger partial charge in [0.05, 0.1) is 12.4 Å². The Morgan fingerprint density at radius 3 is 2.70 bits per heavy atom. The average Bonchev–Trinajstić information content (AvgIpc) is 3.13. The van der Waals surface area contributed by atoms with Crippen molar-refractivity contribution in [1.82, 2.24) is 24.1 Å². The Balaban J connectivity index is 2.12. The predicted molar refractivity (Wildman–Crippen MR) is 70.9 cm³/mol. The molecule has 0 aliphatic rings. The summed E-state index contributed by atoms with van der Waals surface area (Å²) in [6.45, 7) is -0.364. The lowest BCUT2D eigenvalue weighted by molar-refractivity contribution is 0.129. The Hall–Kier alpha value is -2.25. The molecule has 0 saturated heterocycles. The van der Waals surface area contributed by atoms with E-state index >= 15 is 0 Å². The molecular formula is C13H14N5O2.